The van der Waals surface area contributed by atoms with Crippen LogP contribution in [-0.2, 0) is 4.79 Å². The maximum Gasteiger partial charge on any atom is 0.228 e. The lowest BCUT2D eigenvalue weighted by Gasteiger charge is -2.16. The first kappa shape index (κ1) is 14.4. The second-order valence-corrected chi connectivity index (χ2v) is 4.64. The summed E-state index contributed by atoms with van der Waals surface area (Å²) in [6, 6.07) is 3.46. The summed E-state index contributed by atoms with van der Waals surface area (Å²) in [5.74, 6) is 0.745. The molecular formula is C13H21N3O2. The molecule has 0 spiro atoms. The maximum atomic E-state index is 12.0. The molecule has 0 saturated carbocycles. The fraction of sp³-hybridized carbons (Fsp3) is 0.538. The van der Waals surface area contributed by atoms with Crippen LogP contribution in [0.25, 0.3) is 0 Å². The summed E-state index contributed by atoms with van der Waals surface area (Å²) in [5, 5.41) is 2.81. The fourth-order valence-corrected chi connectivity index (χ4v) is 1.70. The van der Waals surface area contributed by atoms with E-state index >= 15 is 0 Å². The normalized spacial score (nSPS) is 12.3. The van der Waals surface area contributed by atoms with Gasteiger partial charge in [0.25, 0.3) is 0 Å². The number of methoxy groups -OCH3 is 1. The second kappa shape index (κ2) is 6.96. The molecule has 1 rings (SSSR count). The van der Waals surface area contributed by atoms with E-state index in [2.05, 4.69) is 24.1 Å². The fourth-order valence-electron chi connectivity index (χ4n) is 1.70. The molecule has 1 aromatic heterocycles. The monoisotopic (exact) mass is 251 g/mol. The zero-order valence-corrected chi connectivity index (χ0v) is 11.1. The minimum absolute atomic E-state index is 0.0573. The highest BCUT2D eigenvalue weighted by Gasteiger charge is 2.18. The number of pyridine rings is 1. The number of rotatable bonds is 6. The SMILES string of the molecule is COc1ccc(NC(=O)C(CN)CC(C)C)cn1. The molecular weight excluding hydrogens is 230 g/mol. The van der Waals surface area contributed by atoms with Gasteiger partial charge in [0, 0.05) is 12.6 Å². The number of aromatic nitrogens is 1. The molecule has 0 aliphatic heterocycles. The highest BCUT2D eigenvalue weighted by atomic mass is 16.5. The van der Waals surface area contributed by atoms with Crippen LogP contribution < -0.4 is 15.8 Å². The highest BCUT2D eigenvalue weighted by Crippen LogP contribution is 2.15. The maximum absolute atomic E-state index is 12.0. The Morgan fingerprint density at radius 2 is 2.22 bits per heavy atom. The van der Waals surface area contributed by atoms with Crippen molar-refractivity contribution in [3.63, 3.8) is 0 Å². The van der Waals surface area contributed by atoms with Crippen molar-refractivity contribution in [3.8, 4) is 5.88 Å². The third-order valence-electron chi connectivity index (χ3n) is 2.62. The Labute approximate surface area is 108 Å². The van der Waals surface area contributed by atoms with Crippen molar-refractivity contribution < 1.29 is 9.53 Å². The van der Waals surface area contributed by atoms with Gasteiger partial charge in [0.1, 0.15) is 0 Å². The Morgan fingerprint density at radius 1 is 1.50 bits per heavy atom. The first-order valence-electron chi connectivity index (χ1n) is 6.07. The number of carbonyl (C=O) groups excluding carboxylic acids is 1. The summed E-state index contributed by atoms with van der Waals surface area (Å²) in [4.78, 5) is 16.0. The molecule has 0 fully saturated rings. The Balaban J connectivity index is 2.61. The summed E-state index contributed by atoms with van der Waals surface area (Å²) in [6.07, 6.45) is 2.35. The molecule has 0 radical (unpaired) electrons. The van der Waals surface area contributed by atoms with Crippen LogP contribution >= 0.6 is 0 Å². The molecule has 0 saturated heterocycles. The molecule has 1 unspecified atom stereocenters. The number of anilines is 1. The average molecular weight is 251 g/mol. The van der Waals surface area contributed by atoms with Gasteiger partial charge in [-0.05, 0) is 18.4 Å². The van der Waals surface area contributed by atoms with Crippen LogP contribution in [0.3, 0.4) is 0 Å². The van der Waals surface area contributed by atoms with E-state index in [1.165, 1.54) is 0 Å². The molecule has 18 heavy (non-hydrogen) atoms. The topological polar surface area (TPSA) is 77.2 Å². The van der Waals surface area contributed by atoms with Gasteiger partial charge in [-0.1, -0.05) is 13.8 Å². The van der Waals surface area contributed by atoms with Crippen LogP contribution in [-0.4, -0.2) is 24.5 Å². The van der Waals surface area contributed by atoms with Crippen LogP contribution in [0.2, 0.25) is 0 Å². The van der Waals surface area contributed by atoms with E-state index in [9.17, 15) is 4.79 Å². The lowest BCUT2D eigenvalue weighted by Crippen LogP contribution is -2.30. The van der Waals surface area contributed by atoms with Gasteiger partial charge < -0.3 is 15.8 Å². The van der Waals surface area contributed by atoms with Crippen LogP contribution in [0.4, 0.5) is 5.69 Å². The Hall–Kier alpha value is -1.62. The number of ether oxygens (including phenoxy) is 1. The zero-order valence-electron chi connectivity index (χ0n) is 11.1. The molecule has 3 N–H and O–H groups in total. The first-order chi connectivity index (χ1) is 8.56. The van der Waals surface area contributed by atoms with Gasteiger partial charge in [0.15, 0.2) is 0 Å². The van der Waals surface area contributed by atoms with Crippen LogP contribution in [0, 0.1) is 11.8 Å². The number of nitrogens with one attached hydrogen (secondary N) is 1. The predicted octanol–water partition coefficient (Wildman–Crippen LogP) is 1.65. The average Bonchev–Trinajstić information content (AvgIpc) is 2.36. The van der Waals surface area contributed by atoms with Crippen molar-refractivity contribution in [2.45, 2.75) is 20.3 Å². The van der Waals surface area contributed by atoms with Crippen molar-refractivity contribution >= 4 is 11.6 Å². The predicted molar refractivity (Wildman–Crippen MR) is 71.4 cm³/mol. The third kappa shape index (κ3) is 4.33. The molecule has 100 valence electrons. The summed E-state index contributed by atoms with van der Waals surface area (Å²) >= 11 is 0. The minimum Gasteiger partial charge on any atom is -0.481 e. The van der Waals surface area contributed by atoms with Gasteiger partial charge >= 0.3 is 0 Å². The molecule has 5 nitrogen and oxygen atoms in total. The van der Waals surface area contributed by atoms with E-state index in [1.54, 1.807) is 25.4 Å². The van der Waals surface area contributed by atoms with Crippen LogP contribution in [0.5, 0.6) is 5.88 Å². The second-order valence-electron chi connectivity index (χ2n) is 4.64. The van der Waals surface area contributed by atoms with E-state index in [0.717, 1.165) is 6.42 Å². The molecule has 0 bridgehead atoms. The van der Waals surface area contributed by atoms with Gasteiger partial charge in [-0.25, -0.2) is 4.98 Å². The molecule has 0 aromatic carbocycles. The smallest absolute Gasteiger partial charge is 0.228 e. The summed E-state index contributed by atoms with van der Waals surface area (Å²) in [7, 11) is 1.55. The third-order valence-corrected chi connectivity index (χ3v) is 2.62. The molecule has 1 heterocycles. The molecule has 1 atom stereocenters. The number of nitrogens with zero attached hydrogens (tertiary/aromatic N) is 1. The Bertz CT molecular complexity index is 376. The van der Waals surface area contributed by atoms with Gasteiger partial charge in [0.05, 0.1) is 24.9 Å². The Kier molecular flexibility index (Phi) is 5.58. The largest absolute Gasteiger partial charge is 0.481 e. The van der Waals surface area contributed by atoms with Gasteiger partial charge in [-0.2, -0.15) is 0 Å². The number of amides is 1. The van der Waals surface area contributed by atoms with E-state index < -0.39 is 0 Å². The van der Waals surface area contributed by atoms with E-state index in [1.807, 2.05) is 0 Å². The van der Waals surface area contributed by atoms with Crippen molar-refractivity contribution in [1.82, 2.24) is 4.98 Å². The molecule has 1 amide bonds. The van der Waals surface area contributed by atoms with E-state index in [4.69, 9.17) is 10.5 Å². The lowest BCUT2D eigenvalue weighted by molar-refractivity contribution is -0.120. The summed E-state index contributed by atoms with van der Waals surface area (Å²) < 4.78 is 4.95. The van der Waals surface area contributed by atoms with Gasteiger partial charge in [0.2, 0.25) is 11.8 Å². The van der Waals surface area contributed by atoms with Crippen molar-refractivity contribution in [3.05, 3.63) is 18.3 Å². The summed E-state index contributed by atoms with van der Waals surface area (Å²) in [5.41, 5.74) is 6.28. The standard InChI is InChI=1S/C13H21N3O2/c1-9(2)6-10(7-14)13(17)16-11-4-5-12(18-3)15-8-11/h4-5,8-10H,6-7,14H2,1-3H3,(H,16,17). The van der Waals surface area contributed by atoms with Crippen molar-refractivity contribution in [2.75, 3.05) is 19.0 Å². The van der Waals surface area contributed by atoms with E-state index in [-0.39, 0.29) is 11.8 Å². The van der Waals surface area contributed by atoms with Crippen LogP contribution in [0.1, 0.15) is 20.3 Å². The minimum atomic E-state index is -0.160. The van der Waals surface area contributed by atoms with Gasteiger partial charge in [-0.3, -0.25) is 4.79 Å². The highest BCUT2D eigenvalue weighted by molar-refractivity contribution is 5.92. The quantitative estimate of drug-likeness (QED) is 0.806. The molecule has 1 aromatic rings. The number of nitrogens with two attached hydrogens (primary N) is 1. The molecule has 0 aliphatic carbocycles. The van der Waals surface area contributed by atoms with Gasteiger partial charge in [-0.15, -0.1) is 0 Å². The first-order valence-corrected chi connectivity index (χ1v) is 6.07. The van der Waals surface area contributed by atoms with E-state index in [0.29, 0.717) is 24.0 Å². The zero-order chi connectivity index (χ0) is 13.5. The number of hydrogen-bond acceptors (Lipinski definition) is 4. The lowest BCUT2D eigenvalue weighted by atomic mass is 9.96. The van der Waals surface area contributed by atoms with Crippen molar-refractivity contribution in [1.29, 1.82) is 0 Å². The number of hydrogen-bond donors (Lipinski definition) is 2. The van der Waals surface area contributed by atoms with Crippen molar-refractivity contribution in [2.24, 2.45) is 17.6 Å². The molecule has 5 heteroatoms. The molecule has 0 aliphatic rings. The van der Waals surface area contributed by atoms with Crippen LogP contribution in [0.15, 0.2) is 18.3 Å². The number of carbonyl (C=O) groups is 1. The summed E-state index contributed by atoms with van der Waals surface area (Å²) in [6.45, 7) is 4.50. The Morgan fingerprint density at radius 3 is 2.67 bits per heavy atom.